The fraction of sp³-hybridized carbons (Fsp3) is 0.333. The minimum absolute atomic E-state index is 0.0467. The number of fused-ring (bicyclic) bond motifs is 1. The molecule has 5 heteroatoms. The molecule has 1 aliphatic carbocycles. The lowest BCUT2D eigenvalue weighted by Crippen LogP contribution is -2.41. The van der Waals surface area contributed by atoms with Crippen molar-refractivity contribution in [3.63, 3.8) is 0 Å². The zero-order valence-corrected chi connectivity index (χ0v) is 14.9. The van der Waals surface area contributed by atoms with E-state index in [4.69, 9.17) is 0 Å². The molecule has 0 saturated heterocycles. The maximum absolute atomic E-state index is 12.9. The summed E-state index contributed by atoms with van der Waals surface area (Å²) in [5.74, 6) is -0.0467. The number of aliphatic hydroxyl groups is 1. The van der Waals surface area contributed by atoms with E-state index >= 15 is 0 Å². The number of benzene rings is 2. The highest BCUT2D eigenvalue weighted by atomic mass is 16.3. The van der Waals surface area contributed by atoms with Gasteiger partial charge in [-0.15, -0.1) is 0 Å². The third-order valence-electron chi connectivity index (χ3n) is 4.84. The lowest BCUT2D eigenvalue weighted by molar-refractivity contribution is 0.101. The van der Waals surface area contributed by atoms with E-state index in [1.807, 2.05) is 12.1 Å². The Hall–Kier alpha value is -2.66. The Kier molecular flexibility index (Phi) is 5.68. The molecule has 2 amide bonds. The first kappa shape index (κ1) is 18.1. The van der Waals surface area contributed by atoms with Gasteiger partial charge in [0.25, 0.3) is 0 Å². The number of carbonyl (C=O) groups excluding carboxylic acids is 2. The quantitative estimate of drug-likeness (QED) is 0.804. The van der Waals surface area contributed by atoms with Crippen LogP contribution in [0.5, 0.6) is 0 Å². The number of nitrogens with one attached hydrogen (secondary N) is 1. The van der Waals surface area contributed by atoms with Crippen LogP contribution in [0.1, 0.15) is 47.3 Å². The lowest BCUT2D eigenvalue weighted by Gasteiger charge is -2.35. The van der Waals surface area contributed by atoms with Crippen LogP contribution in [-0.4, -0.2) is 35.0 Å². The molecule has 0 spiro atoms. The Morgan fingerprint density at radius 3 is 2.77 bits per heavy atom. The number of Topliss-reactive ketones (excluding diaryl/α,β-unsaturated/α-hetero) is 1. The zero-order valence-electron chi connectivity index (χ0n) is 14.9. The number of hydrogen-bond acceptors (Lipinski definition) is 3. The molecule has 0 unspecified atom stereocenters. The summed E-state index contributed by atoms with van der Waals surface area (Å²) in [6.45, 7) is 1.66. The molecular weight excluding hydrogens is 328 g/mol. The van der Waals surface area contributed by atoms with Gasteiger partial charge in [-0.3, -0.25) is 4.79 Å². The van der Waals surface area contributed by atoms with Crippen molar-refractivity contribution in [1.29, 1.82) is 0 Å². The standard InChI is InChI=1S/C21H24N2O3/c1-15(25)17-8-4-9-18(14-17)22-21(26)23(12-13-24)20-11-5-7-16-6-2-3-10-19(16)20/h2-4,6,8-10,14,20,24H,5,7,11-13H2,1H3,(H,22,26)/t20-/m0/s1. The second kappa shape index (κ2) is 8.15. The fourth-order valence-corrected chi connectivity index (χ4v) is 3.57. The van der Waals surface area contributed by atoms with Gasteiger partial charge in [0, 0.05) is 17.8 Å². The summed E-state index contributed by atoms with van der Waals surface area (Å²) in [5.41, 5.74) is 3.55. The van der Waals surface area contributed by atoms with Crippen molar-refractivity contribution in [3.05, 3.63) is 65.2 Å². The molecule has 0 radical (unpaired) electrons. The number of nitrogens with zero attached hydrogens (tertiary/aromatic N) is 1. The Morgan fingerprint density at radius 2 is 2.00 bits per heavy atom. The summed E-state index contributed by atoms with van der Waals surface area (Å²) in [6.07, 6.45) is 2.90. The van der Waals surface area contributed by atoms with Gasteiger partial charge in [-0.1, -0.05) is 36.4 Å². The van der Waals surface area contributed by atoms with Gasteiger partial charge in [0.2, 0.25) is 0 Å². The summed E-state index contributed by atoms with van der Waals surface area (Å²) < 4.78 is 0. The van der Waals surface area contributed by atoms with Gasteiger partial charge >= 0.3 is 6.03 Å². The summed E-state index contributed by atoms with van der Waals surface area (Å²) in [4.78, 5) is 26.2. The Balaban J connectivity index is 1.83. The number of amides is 2. The third-order valence-corrected chi connectivity index (χ3v) is 4.84. The van der Waals surface area contributed by atoms with Gasteiger partial charge in [0.05, 0.1) is 12.6 Å². The molecule has 2 aromatic carbocycles. The molecular formula is C21H24N2O3. The van der Waals surface area contributed by atoms with Crippen LogP contribution >= 0.6 is 0 Å². The number of aliphatic hydroxyl groups excluding tert-OH is 1. The largest absolute Gasteiger partial charge is 0.395 e. The molecule has 0 fully saturated rings. The molecule has 2 aromatic rings. The van der Waals surface area contributed by atoms with Gasteiger partial charge in [-0.25, -0.2) is 4.79 Å². The second-order valence-electron chi connectivity index (χ2n) is 6.59. The topological polar surface area (TPSA) is 69.6 Å². The van der Waals surface area contributed by atoms with E-state index in [0.717, 1.165) is 24.8 Å². The molecule has 0 bridgehead atoms. The number of rotatable bonds is 5. The summed E-state index contributed by atoms with van der Waals surface area (Å²) in [5, 5.41) is 12.4. The molecule has 2 N–H and O–H groups in total. The summed E-state index contributed by atoms with van der Waals surface area (Å²) in [6, 6.07) is 14.8. The van der Waals surface area contributed by atoms with Crippen LogP contribution in [0.15, 0.2) is 48.5 Å². The molecule has 1 atom stereocenters. The van der Waals surface area contributed by atoms with Crippen molar-refractivity contribution < 1.29 is 14.7 Å². The van der Waals surface area contributed by atoms with Gasteiger partial charge in [-0.05, 0) is 49.4 Å². The van der Waals surface area contributed by atoms with E-state index in [-0.39, 0.29) is 31.0 Å². The van der Waals surface area contributed by atoms with Gasteiger partial charge in [0.1, 0.15) is 0 Å². The highest BCUT2D eigenvalue weighted by Crippen LogP contribution is 2.34. The van der Waals surface area contributed by atoms with Crippen LogP contribution in [0.3, 0.4) is 0 Å². The zero-order chi connectivity index (χ0) is 18.5. The van der Waals surface area contributed by atoms with Crippen molar-refractivity contribution in [3.8, 4) is 0 Å². The molecule has 136 valence electrons. The summed E-state index contributed by atoms with van der Waals surface area (Å²) >= 11 is 0. The molecule has 5 nitrogen and oxygen atoms in total. The molecule has 0 aromatic heterocycles. The number of aryl methyl sites for hydroxylation is 1. The first-order valence-electron chi connectivity index (χ1n) is 8.97. The summed E-state index contributed by atoms with van der Waals surface area (Å²) in [7, 11) is 0. The van der Waals surface area contributed by atoms with Crippen LogP contribution in [0.25, 0.3) is 0 Å². The van der Waals surface area contributed by atoms with Crippen LogP contribution in [0.4, 0.5) is 10.5 Å². The number of ketones is 1. The average molecular weight is 352 g/mol. The van der Waals surface area contributed by atoms with Gasteiger partial charge in [-0.2, -0.15) is 0 Å². The van der Waals surface area contributed by atoms with Gasteiger partial charge < -0.3 is 15.3 Å². The van der Waals surface area contributed by atoms with Crippen molar-refractivity contribution in [2.45, 2.75) is 32.2 Å². The SMILES string of the molecule is CC(=O)c1cccc(NC(=O)N(CCO)[C@H]2CCCc3ccccc32)c1. The number of carbonyl (C=O) groups is 2. The first-order valence-corrected chi connectivity index (χ1v) is 8.97. The third kappa shape index (κ3) is 3.94. The lowest BCUT2D eigenvalue weighted by atomic mass is 9.87. The van der Waals surface area contributed by atoms with E-state index in [1.54, 1.807) is 29.2 Å². The molecule has 26 heavy (non-hydrogen) atoms. The minimum atomic E-state index is -0.263. The average Bonchev–Trinajstić information content (AvgIpc) is 2.66. The van der Waals surface area contributed by atoms with Crippen LogP contribution in [0.2, 0.25) is 0 Å². The van der Waals surface area contributed by atoms with E-state index in [2.05, 4.69) is 17.4 Å². The van der Waals surface area contributed by atoms with E-state index in [0.29, 0.717) is 11.3 Å². The maximum atomic E-state index is 12.9. The van der Waals surface area contributed by atoms with Crippen molar-refractivity contribution in [1.82, 2.24) is 4.90 Å². The molecule has 0 heterocycles. The van der Waals surface area contributed by atoms with Crippen molar-refractivity contribution >= 4 is 17.5 Å². The Bertz CT molecular complexity index is 803. The van der Waals surface area contributed by atoms with Gasteiger partial charge in [0.15, 0.2) is 5.78 Å². The van der Waals surface area contributed by atoms with Crippen molar-refractivity contribution in [2.75, 3.05) is 18.5 Å². The Labute approximate surface area is 153 Å². The van der Waals surface area contributed by atoms with E-state index in [1.165, 1.54) is 12.5 Å². The van der Waals surface area contributed by atoms with Crippen LogP contribution in [0, 0.1) is 0 Å². The van der Waals surface area contributed by atoms with E-state index < -0.39 is 0 Å². The highest BCUT2D eigenvalue weighted by Gasteiger charge is 2.28. The van der Waals surface area contributed by atoms with Crippen LogP contribution < -0.4 is 5.32 Å². The maximum Gasteiger partial charge on any atom is 0.322 e. The van der Waals surface area contributed by atoms with Crippen LogP contribution in [-0.2, 0) is 6.42 Å². The molecule has 1 aliphatic rings. The number of anilines is 1. The first-order chi connectivity index (χ1) is 12.6. The molecule has 3 rings (SSSR count). The normalized spacial score (nSPS) is 15.8. The van der Waals surface area contributed by atoms with Crippen molar-refractivity contribution in [2.24, 2.45) is 0 Å². The monoisotopic (exact) mass is 352 g/mol. The fourth-order valence-electron chi connectivity index (χ4n) is 3.57. The molecule has 0 saturated carbocycles. The van der Waals surface area contributed by atoms with E-state index in [9.17, 15) is 14.7 Å². The number of urea groups is 1. The Morgan fingerprint density at radius 1 is 1.19 bits per heavy atom. The predicted molar refractivity (Wildman–Crippen MR) is 101 cm³/mol. The second-order valence-corrected chi connectivity index (χ2v) is 6.59. The highest BCUT2D eigenvalue weighted by molar-refractivity contribution is 5.96. The minimum Gasteiger partial charge on any atom is -0.395 e. The smallest absolute Gasteiger partial charge is 0.322 e. The molecule has 0 aliphatic heterocycles. The number of hydrogen-bond donors (Lipinski definition) is 2. The predicted octanol–water partition coefficient (Wildman–Crippen LogP) is 3.79.